The minimum absolute atomic E-state index is 0.229. The van der Waals surface area contributed by atoms with Gasteiger partial charge in [-0.05, 0) is 0 Å². The van der Waals surface area contributed by atoms with Gasteiger partial charge in [-0.3, -0.25) is 0 Å². The second-order valence-corrected chi connectivity index (χ2v) is 4.19. The topological polar surface area (TPSA) is 46.2 Å². The molecule has 1 aliphatic heterocycles. The van der Waals surface area contributed by atoms with Crippen LogP contribution in [-0.2, 0) is 4.79 Å². The Labute approximate surface area is 57.0 Å². The molecule has 0 aromatic carbocycles. The quantitative estimate of drug-likeness (QED) is 0.408. The molecule has 0 radical (unpaired) electrons. The van der Waals surface area contributed by atoms with Crippen LogP contribution in [0.15, 0.2) is 0 Å². The maximum absolute atomic E-state index is 10.3. The fourth-order valence-electron chi connectivity index (χ4n) is 0.300. The molecule has 0 aliphatic carbocycles. The molecular weight excluding hydrogens is 193 g/mol. The number of rotatable bonds is 0. The minimum atomic E-state index is -0.410. The van der Waals surface area contributed by atoms with Gasteiger partial charge in [-0.25, -0.2) is 0 Å². The van der Waals surface area contributed by atoms with Crippen molar-refractivity contribution in [1.82, 2.24) is 5.32 Å². The van der Waals surface area contributed by atoms with Gasteiger partial charge >= 0.3 is 56.6 Å². The Hall–Kier alpha value is -0.251. The molecule has 1 N–H and O–H groups in total. The number of nitrogens with one attached hydrogen (secondary N) is 1. The summed E-state index contributed by atoms with van der Waals surface area (Å²) in [7, 11) is 0. The van der Waals surface area contributed by atoms with Crippen LogP contribution in [0.25, 0.3) is 0 Å². The first-order chi connectivity index (χ1) is 3.70. The van der Waals surface area contributed by atoms with Crippen LogP contribution in [0.1, 0.15) is 0 Å². The molecule has 3 nitrogen and oxygen atoms in total. The fraction of sp³-hybridized carbons (Fsp3) is 0. The summed E-state index contributed by atoms with van der Waals surface area (Å²) in [5.74, 6) is -0.384. The van der Waals surface area contributed by atoms with Crippen molar-refractivity contribution in [3.05, 3.63) is 0 Å². The van der Waals surface area contributed by atoms with E-state index in [1.165, 1.54) is 0 Å². The van der Waals surface area contributed by atoms with E-state index in [0.717, 1.165) is 0 Å². The van der Waals surface area contributed by atoms with E-state index in [1.54, 1.807) is 0 Å². The number of imide groups is 1. The standard InChI is InChI=1S/C3HNO2SSe/c5-1-2(7)8-3(6)4-1/h(H,4,5,6). The van der Waals surface area contributed by atoms with Crippen LogP contribution in [0.3, 0.4) is 0 Å². The zero-order valence-corrected chi connectivity index (χ0v) is 6.16. The third-order valence-electron chi connectivity index (χ3n) is 0.586. The summed E-state index contributed by atoms with van der Waals surface area (Å²) in [5, 5.41) is 2.08. The summed E-state index contributed by atoms with van der Waals surface area (Å²) in [6, 6.07) is 0. The first-order valence-corrected chi connectivity index (χ1v) is 3.89. The molecule has 1 aliphatic rings. The van der Waals surface area contributed by atoms with E-state index in [2.05, 4.69) is 17.5 Å². The number of hydrogen-bond acceptors (Lipinski definition) is 3. The van der Waals surface area contributed by atoms with E-state index in [-0.39, 0.29) is 14.5 Å². The van der Waals surface area contributed by atoms with Gasteiger partial charge in [0.2, 0.25) is 0 Å². The third kappa shape index (κ3) is 0.939. The summed E-state index contributed by atoms with van der Waals surface area (Å²) in [4.78, 5) is 20.4. The Morgan fingerprint density at radius 2 is 2.12 bits per heavy atom. The van der Waals surface area contributed by atoms with Crippen molar-refractivity contribution in [2.75, 3.05) is 0 Å². The van der Waals surface area contributed by atoms with E-state index in [4.69, 9.17) is 0 Å². The second-order valence-electron chi connectivity index (χ2n) is 1.13. The number of carbonyl (C=O) groups is 2. The van der Waals surface area contributed by atoms with Crippen LogP contribution in [0, 0.1) is 0 Å². The molecule has 0 aromatic heterocycles. The van der Waals surface area contributed by atoms with Crippen LogP contribution in [0.4, 0.5) is 4.79 Å². The summed E-state index contributed by atoms with van der Waals surface area (Å²) in [5.41, 5.74) is 0. The van der Waals surface area contributed by atoms with E-state index in [9.17, 15) is 9.59 Å². The van der Waals surface area contributed by atoms with Gasteiger partial charge in [0.25, 0.3) is 0 Å². The van der Waals surface area contributed by atoms with Gasteiger partial charge in [0.15, 0.2) is 0 Å². The number of thiocarbonyl (C=S) groups is 1. The molecule has 8 heavy (non-hydrogen) atoms. The van der Waals surface area contributed by atoms with Crippen LogP contribution in [0.5, 0.6) is 0 Å². The van der Waals surface area contributed by atoms with Crippen molar-refractivity contribution in [3.63, 3.8) is 0 Å². The molecule has 2 amide bonds. The molecule has 0 saturated carbocycles. The van der Waals surface area contributed by atoms with Crippen LogP contribution in [-0.4, -0.2) is 29.4 Å². The second kappa shape index (κ2) is 1.93. The summed E-state index contributed by atoms with van der Waals surface area (Å²) < 4.78 is 0.252. The van der Waals surface area contributed by atoms with E-state index < -0.39 is 15.0 Å². The average molecular weight is 194 g/mol. The number of hydrogen-bond donors (Lipinski definition) is 1. The van der Waals surface area contributed by atoms with Crippen molar-refractivity contribution in [2.45, 2.75) is 0 Å². The van der Waals surface area contributed by atoms with Crippen molar-refractivity contribution in [2.24, 2.45) is 0 Å². The summed E-state index contributed by atoms with van der Waals surface area (Å²) in [6.45, 7) is 0. The van der Waals surface area contributed by atoms with E-state index >= 15 is 0 Å². The normalized spacial score (nSPS) is 19.2. The average Bonchev–Trinajstić information content (AvgIpc) is 1.85. The SMILES string of the molecule is O=C1NC(=O)C(=S)[Se]1. The van der Waals surface area contributed by atoms with Crippen molar-refractivity contribution < 1.29 is 9.59 Å². The molecule has 0 atom stereocenters. The molecule has 42 valence electrons. The molecule has 1 saturated heterocycles. The van der Waals surface area contributed by atoms with E-state index in [1.807, 2.05) is 0 Å². The molecule has 1 fully saturated rings. The zero-order valence-electron chi connectivity index (χ0n) is 3.63. The summed E-state index contributed by atoms with van der Waals surface area (Å²) in [6.07, 6.45) is 0. The van der Waals surface area contributed by atoms with Gasteiger partial charge in [-0.1, -0.05) is 0 Å². The Kier molecular flexibility index (Phi) is 1.42. The van der Waals surface area contributed by atoms with Gasteiger partial charge in [0, 0.05) is 0 Å². The van der Waals surface area contributed by atoms with Crippen LogP contribution >= 0.6 is 12.2 Å². The number of carbonyl (C=O) groups excluding carboxylic acids is 2. The van der Waals surface area contributed by atoms with Crippen molar-refractivity contribution in [1.29, 1.82) is 0 Å². The van der Waals surface area contributed by atoms with Crippen LogP contribution < -0.4 is 5.32 Å². The third-order valence-corrected chi connectivity index (χ3v) is 2.59. The van der Waals surface area contributed by atoms with Gasteiger partial charge in [-0.2, -0.15) is 0 Å². The van der Waals surface area contributed by atoms with E-state index in [0.29, 0.717) is 0 Å². The van der Waals surface area contributed by atoms with Gasteiger partial charge in [0.05, 0.1) is 0 Å². The van der Waals surface area contributed by atoms with Gasteiger partial charge in [0.1, 0.15) is 0 Å². The Morgan fingerprint density at radius 3 is 2.25 bits per heavy atom. The Bertz CT molecular complexity index is 160. The molecule has 1 rings (SSSR count). The summed E-state index contributed by atoms with van der Waals surface area (Å²) >= 11 is 4.10. The van der Waals surface area contributed by atoms with Crippen molar-refractivity contribution in [3.8, 4) is 0 Å². The molecule has 0 aromatic rings. The molecule has 0 spiro atoms. The monoisotopic (exact) mass is 195 g/mol. The van der Waals surface area contributed by atoms with Gasteiger partial charge < -0.3 is 0 Å². The predicted molar refractivity (Wildman–Crippen MR) is 31.9 cm³/mol. The number of amides is 2. The van der Waals surface area contributed by atoms with Gasteiger partial charge in [-0.15, -0.1) is 0 Å². The fourth-order valence-corrected chi connectivity index (χ4v) is 1.70. The zero-order chi connectivity index (χ0) is 6.15. The molecule has 1 heterocycles. The van der Waals surface area contributed by atoms with Crippen molar-refractivity contribution >= 4 is 41.7 Å². The maximum atomic E-state index is 10.3. The Balaban J connectivity index is 2.79. The molecule has 5 heteroatoms. The van der Waals surface area contributed by atoms with Crippen LogP contribution in [0.2, 0.25) is 0 Å². The molecule has 0 unspecified atom stereocenters. The predicted octanol–water partition coefficient (Wildman–Crippen LogP) is -0.732. The molecule has 0 bridgehead atoms. The Morgan fingerprint density at radius 1 is 1.50 bits per heavy atom. The molecular formula is C3HNO2SSe. The first kappa shape index (κ1) is 5.88. The first-order valence-electron chi connectivity index (χ1n) is 1.77.